The van der Waals surface area contributed by atoms with Crippen molar-refractivity contribution in [2.75, 3.05) is 0 Å². The van der Waals surface area contributed by atoms with E-state index in [0.717, 1.165) is 6.07 Å². The van der Waals surface area contributed by atoms with E-state index in [1.807, 2.05) is 0 Å². The molecule has 0 amide bonds. The van der Waals surface area contributed by atoms with Gasteiger partial charge in [-0.25, -0.2) is 4.79 Å². The molecule has 138 valence electrons. The number of aromatic carboxylic acids is 1. The molecule has 0 saturated carbocycles. The molecular weight excluding hydrogens is 366 g/mol. The van der Waals surface area contributed by atoms with Gasteiger partial charge in [0.25, 0.3) is 5.69 Å². The summed E-state index contributed by atoms with van der Waals surface area (Å²) in [5.74, 6) is -1.20. The van der Waals surface area contributed by atoms with Crippen LogP contribution in [0.1, 0.15) is 10.4 Å². The lowest BCUT2D eigenvalue weighted by atomic mass is 9.90. The van der Waals surface area contributed by atoms with Crippen molar-refractivity contribution >= 4 is 22.6 Å². The maximum absolute atomic E-state index is 11.8. The van der Waals surface area contributed by atoms with Gasteiger partial charge in [-0.1, -0.05) is 0 Å². The van der Waals surface area contributed by atoms with E-state index >= 15 is 0 Å². The van der Waals surface area contributed by atoms with Gasteiger partial charge in [0.1, 0.15) is 17.1 Å². The summed E-state index contributed by atoms with van der Waals surface area (Å²) >= 11 is 0. The van der Waals surface area contributed by atoms with Gasteiger partial charge in [-0.3, -0.25) is 14.9 Å². The molecule has 8 heteroatoms. The Kier molecular flexibility index (Phi) is 3.82. The lowest BCUT2D eigenvalue weighted by molar-refractivity contribution is -0.384. The van der Waals surface area contributed by atoms with E-state index in [9.17, 15) is 29.9 Å². The lowest BCUT2D eigenvalue weighted by Gasteiger charge is -2.16. The average molecular weight is 377 g/mol. The van der Waals surface area contributed by atoms with Crippen molar-refractivity contribution in [2.45, 2.75) is 0 Å². The second-order valence-corrected chi connectivity index (χ2v) is 6.11. The Balaban J connectivity index is 2.17. The topological polar surface area (TPSA) is 131 Å². The molecule has 0 unspecified atom stereocenters. The lowest BCUT2D eigenvalue weighted by Crippen LogP contribution is -2.04. The number of carboxylic acid groups (broad SMARTS) is 1. The standard InChI is InChI=1S/C20H11NO7/c22-11-2-5-14-17(8-11)28-18-9-12(23)3-6-15(18)19(14)13-4-1-10(21(26)27)7-16(13)20(24)25/h1-9,22H,(H,24,25). The van der Waals surface area contributed by atoms with Crippen LogP contribution < -0.4 is 5.43 Å². The van der Waals surface area contributed by atoms with E-state index in [4.69, 9.17) is 4.42 Å². The van der Waals surface area contributed by atoms with Gasteiger partial charge in [0.05, 0.1) is 10.5 Å². The first kappa shape index (κ1) is 17.2. The van der Waals surface area contributed by atoms with Crippen LogP contribution in [0.5, 0.6) is 5.75 Å². The molecule has 0 fully saturated rings. The van der Waals surface area contributed by atoms with Crippen LogP contribution in [0.3, 0.4) is 0 Å². The van der Waals surface area contributed by atoms with Crippen molar-refractivity contribution in [3.63, 3.8) is 0 Å². The second kappa shape index (κ2) is 6.20. The third kappa shape index (κ3) is 2.73. The quantitative estimate of drug-likeness (QED) is 0.315. The van der Waals surface area contributed by atoms with Crippen molar-refractivity contribution in [1.29, 1.82) is 0 Å². The van der Waals surface area contributed by atoms with Crippen LogP contribution in [0, 0.1) is 10.1 Å². The van der Waals surface area contributed by atoms with E-state index in [0.29, 0.717) is 16.5 Å². The number of phenols is 1. The molecule has 1 aliphatic heterocycles. The fourth-order valence-corrected chi connectivity index (χ4v) is 3.19. The molecule has 0 aromatic heterocycles. The predicted molar refractivity (Wildman–Crippen MR) is 99.8 cm³/mol. The number of aromatic hydroxyl groups is 1. The van der Waals surface area contributed by atoms with Gasteiger partial charge in [-0.2, -0.15) is 0 Å². The van der Waals surface area contributed by atoms with Crippen molar-refractivity contribution in [2.24, 2.45) is 0 Å². The Morgan fingerprint density at radius 2 is 1.75 bits per heavy atom. The van der Waals surface area contributed by atoms with Crippen LogP contribution in [0.25, 0.3) is 33.4 Å². The molecule has 8 nitrogen and oxygen atoms in total. The van der Waals surface area contributed by atoms with E-state index in [-0.39, 0.29) is 39.3 Å². The first-order valence-corrected chi connectivity index (χ1v) is 8.07. The summed E-state index contributed by atoms with van der Waals surface area (Å²) in [4.78, 5) is 34.0. The van der Waals surface area contributed by atoms with E-state index in [2.05, 4.69) is 0 Å². The van der Waals surface area contributed by atoms with Crippen molar-refractivity contribution in [1.82, 2.24) is 0 Å². The van der Waals surface area contributed by atoms with E-state index in [1.54, 1.807) is 6.07 Å². The van der Waals surface area contributed by atoms with Gasteiger partial charge in [0, 0.05) is 40.8 Å². The van der Waals surface area contributed by atoms with Crippen LogP contribution in [0.15, 0.2) is 63.8 Å². The van der Waals surface area contributed by atoms with Gasteiger partial charge < -0.3 is 14.6 Å². The molecular formula is C20H11NO7. The molecule has 2 aliphatic rings. The smallest absolute Gasteiger partial charge is 0.336 e. The third-order valence-electron chi connectivity index (χ3n) is 4.39. The first-order chi connectivity index (χ1) is 13.3. The number of nitro benzene ring substituents is 1. The molecule has 0 saturated heterocycles. The molecule has 28 heavy (non-hydrogen) atoms. The molecule has 0 bridgehead atoms. The van der Waals surface area contributed by atoms with Gasteiger partial charge >= 0.3 is 5.97 Å². The Labute approximate surface area is 156 Å². The Morgan fingerprint density at radius 3 is 2.46 bits per heavy atom. The second-order valence-electron chi connectivity index (χ2n) is 6.11. The minimum absolute atomic E-state index is 0.0676. The number of carbonyl (C=O) groups is 1. The Morgan fingerprint density at radius 1 is 1.00 bits per heavy atom. The number of non-ortho nitro benzene ring substituents is 1. The van der Waals surface area contributed by atoms with Crippen LogP contribution in [-0.2, 0) is 0 Å². The van der Waals surface area contributed by atoms with E-state index < -0.39 is 10.9 Å². The number of rotatable bonds is 3. The van der Waals surface area contributed by atoms with Gasteiger partial charge in [-0.05, 0) is 35.9 Å². The first-order valence-electron chi connectivity index (χ1n) is 8.07. The number of fused-ring (bicyclic) bond motifs is 2. The van der Waals surface area contributed by atoms with Crippen LogP contribution in [0.4, 0.5) is 5.69 Å². The van der Waals surface area contributed by atoms with Crippen LogP contribution in [0.2, 0.25) is 0 Å². The molecule has 1 heterocycles. The molecule has 1 aliphatic carbocycles. The molecule has 2 aromatic carbocycles. The zero-order chi connectivity index (χ0) is 20.0. The summed E-state index contributed by atoms with van der Waals surface area (Å²) < 4.78 is 5.72. The number of nitro groups is 1. The number of hydrogen-bond donors (Lipinski definition) is 2. The molecule has 4 rings (SSSR count). The summed E-state index contributed by atoms with van der Waals surface area (Å²) in [6.45, 7) is 0. The highest BCUT2D eigenvalue weighted by Gasteiger charge is 2.23. The summed E-state index contributed by atoms with van der Waals surface area (Å²) in [6, 6.07) is 12.0. The average Bonchev–Trinajstić information content (AvgIpc) is 2.65. The molecule has 2 N–H and O–H groups in total. The van der Waals surface area contributed by atoms with Gasteiger partial charge in [-0.15, -0.1) is 0 Å². The third-order valence-corrected chi connectivity index (χ3v) is 4.39. The largest absolute Gasteiger partial charge is 0.508 e. The molecule has 2 aromatic rings. The molecule has 0 atom stereocenters. The minimum atomic E-state index is -1.33. The maximum Gasteiger partial charge on any atom is 0.336 e. The van der Waals surface area contributed by atoms with Gasteiger partial charge in [0.15, 0.2) is 5.43 Å². The zero-order valence-electron chi connectivity index (χ0n) is 14.1. The summed E-state index contributed by atoms with van der Waals surface area (Å²) in [6.07, 6.45) is 0. The predicted octanol–water partition coefficient (Wildman–Crippen LogP) is 3.88. The van der Waals surface area contributed by atoms with Crippen LogP contribution in [-0.4, -0.2) is 21.1 Å². The fourth-order valence-electron chi connectivity index (χ4n) is 3.19. The fraction of sp³-hybridized carbons (Fsp3) is 0. The van der Waals surface area contributed by atoms with Crippen molar-refractivity contribution < 1.29 is 24.3 Å². The Bertz CT molecular complexity index is 1310. The SMILES string of the molecule is O=C(O)c1cc([N+](=O)[O-])ccc1-c1c2ccc(=O)cc-2oc2cc(O)ccc12. The maximum atomic E-state index is 11.8. The number of nitrogens with zero attached hydrogens (tertiary/aromatic N) is 1. The minimum Gasteiger partial charge on any atom is -0.508 e. The highest BCUT2D eigenvalue weighted by atomic mass is 16.6. The summed E-state index contributed by atoms with van der Waals surface area (Å²) in [7, 11) is 0. The number of hydrogen-bond acceptors (Lipinski definition) is 6. The molecule has 0 spiro atoms. The number of carboxylic acids is 1. The van der Waals surface area contributed by atoms with Crippen LogP contribution >= 0.6 is 0 Å². The molecule has 0 radical (unpaired) electrons. The van der Waals surface area contributed by atoms with Crippen molar-refractivity contribution in [3.05, 3.63) is 80.5 Å². The normalized spacial score (nSPS) is 11.0. The highest BCUT2D eigenvalue weighted by Crippen LogP contribution is 2.42. The summed E-state index contributed by atoms with van der Waals surface area (Å²) in [5, 5.41) is 30.9. The zero-order valence-corrected chi connectivity index (χ0v) is 14.1. The van der Waals surface area contributed by atoms with E-state index in [1.165, 1.54) is 42.5 Å². The number of benzene rings is 3. The Hall–Kier alpha value is -4.20. The highest BCUT2D eigenvalue weighted by molar-refractivity contribution is 6.07. The monoisotopic (exact) mass is 377 g/mol. The van der Waals surface area contributed by atoms with Gasteiger partial charge in [0.2, 0.25) is 0 Å². The number of phenolic OH excluding ortho intramolecular Hbond substituents is 1. The summed E-state index contributed by atoms with van der Waals surface area (Å²) in [5.41, 5.74) is 0.453. The van der Waals surface area contributed by atoms with Crippen molar-refractivity contribution in [3.8, 4) is 28.2 Å².